The summed E-state index contributed by atoms with van der Waals surface area (Å²) in [6, 6.07) is 14.9. The monoisotopic (exact) mass is 364 g/mol. The van der Waals surface area contributed by atoms with Crippen molar-refractivity contribution >= 4 is 17.6 Å². The van der Waals surface area contributed by atoms with Gasteiger partial charge in [-0.3, -0.25) is 9.59 Å². The van der Waals surface area contributed by atoms with E-state index >= 15 is 0 Å². The Morgan fingerprint density at radius 1 is 1.15 bits per heavy atom. The minimum Gasteiger partial charge on any atom is -0.452 e. The van der Waals surface area contributed by atoms with E-state index in [1.807, 2.05) is 6.07 Å². The number of hydrogen-bond acceptors (Lipinski definition) is 4. The molecule has 0 unspecified atom stereocenters. The zero-order valence-electron chi connectivity index (χ0n) is 14.5. The molecule has 4 rings (SSSR count). The molecule has 5 nitrogen and oxygen atoms in total. The summed E-state index contributed by atoms with van der Waals surface area (Å²) in [7, 11) is 0. The molecule has 3 atom stereocenters. The lowest BCUT2D eigenvalue weighted by Gasteiger charge is -2.17. The summed E-state index contributed by atoms with van der Waals surface area (Å²) >= 11 is 0. The van der Waals surface area contributed by atoms with Crippen LogP contribution in [0.15, 0.2) is 48.5 Å². The van der Waals surface area contributed by atoms with Crippen LogP contribution in [0.4, 0.5) is 10.1 Å². The molecule has 1 aliphatic carbocycles. The zero-order chi connectivity index (χ0) is 19.0. The maximum absolute atomic E-state index is 13.0. The first-order valence-electron chi connectivity index (χ1n) is 8.84. The number of anilines is 1. The van der Waals surface area contributed by atoms with E-state index < -0.39 is 6.10 Å². The lowest BCUT2D eigenvalue weighted by Crippen LogP contribution is -2.32. The second-order valence-electron chi connectivity index (χ2n) is 6.86. The molecule has 0 radical (unpaired) electrons. The summed E-state index contributed by atoms with van der Waals surface area (Å²) < 4.78 is 18.5. The Kier molecular flexibility index (Phi) is 4.36. The smallest absolute Gasteiger partial charge is 0.310 e. The van der Waals surface area contributed by atoms with Crippen LogP contribution in [0.5, 0.6) is 0 Å². The lowest BCUT2D eigenvalue weighted by atomic mass is 10.1. The maximum Gasteiger partial charge on any atom is 0.310 e. The third-order valence-electron chi connectivity index (χ3n) is 5.11. The van der Waals surface area contributed by atoms with Crippen molar-refractivity contribution < 1.29 is 18.7 Å². The van der Waals surface area contributed by atoms with E-state index in [0.29, 0.717) is 30.6 Å². The van der Waals surface area contributed by atoms with Crippen LogP contribution in [0.3, 0.4) is 0 Å². The fraction of sp³-hybridized carbons (Fsp3) is 0.286. The van der Waals surface area contributed by atoms with Crippen molar-refractivity contribution in [3.05, 3.63) is 65.5 Å². The van der Waals surface area contributed by atoms with Gasteiger partial charge in [0.2, 0.25) is 0 Å². The second-order valence-corrected chi connectivity index (χ2v) is 6.86. The highest BCUT2D eigenvalue weighted by Crippen LogP contribution is 2.48. The van der Waals surface area contributed by atoms with Crippen molar-refractivity contribution in [3.63, 3.8) is 0 Å². The quantitative estimate of drug-likeness (QED) is 0.782. The van der Waals surface area contributed by atoms with Crippen LogP contribution in [0.25, 0.3) is 0 Å². The van der Waals surface area contributed by atoms with Gasteiger partial charge in [-0.1, -0.05) is 12.1 Å². The number of rotatable bonds is 4. The van der Waals surface area contributed by atoms with Crippen LogP contribution in [0.2, 0.25) is 0 Å². The summed E-state index contributed by atoms with van der Waals surface area (Å²) in [4.78, 5) is 26.5. The van der Waals surface area contributed by atoms with Gasteiger partial charge in [-0.2, -0.15) is 5.26 Å². The van der Waals surface area contributed by atoms with Gasteiger partial charge in [0.15, 0.2) is 6.10 Å². The average molecular weight is 364 g/mol. The Morgan fingerprint density at radius 3 is 2.52 bits per heavy atom. The van der Waals surface area contributed by atoms with Gasteiger partial charge in [0.25, 0.3) is 5.91 Å². The largest absolute Gasteiger partial charge is 0.452 e. The fourth-order valence-corrected chi connectivity index (χ4v) is 3.50. The Labute approximate surface area is 156 Å². The molecule has 2 aromatic rings. The van der Waals surface area contributed by atoms with Crippen molar-refractivity contribution in [2.75, 3.05) is 11.4 Å². The summed E-state index contributed by atoms with van der Waals surface area (Å²) in [5.74, 6) is -1.16. The van der Waals surface area contributed by atoms with Crippen LogP contribution in [-0.4, -0.2) is 24.5 Å². The van der Waals surface area contributed by atoms with Crippen LogP contribution in [0.1, 0.15) is 29.9 Å². The molecule has 0 N–H and O–H groups in total. The summed E-state index contributed by atoms with van der Waals surface area (Å²) in [5, 5.41) is 8.86. The van der Waals surface area contributed by atoms with Crippen molar-refractivity contribution in [3.8, 4) is 6.07 Å². The zero-order valence-corrected chi connectivity index (χ0v) is 14.5. The molecule has 1 saturated heterocycles. The topological polar surface area (TPSA) is 70.4 Å². The first kappa shape index (κ1) is 17.2. The molecule has 136 valence electrons. The predicted molar refractivity (Wildman–Crippen MR) is 95.3 cm³/mol. The number of nitrogens with zero attached hydrogens (tertiary/aromatic N) is 2. The first-order chi connectivity index (χ1) is 13.1. The van der Waals surface area contributed by atoms with Crippen molar-refractivity contribution in [2.24, 2.45) is 5.92 Å². The average Bonchev–Trinajstić information content (AvgIpc) is 3.41. The lowest BCUT2D eigenvalue weighted by molar-refractivity contribution is -0.154. The molecule has 0 bridgehead atoms. The molecule has 0 aromatic heterocycles. The van der Waals surface area contributed by atoms with Crippen LogP contribution in [-0.2, 0) is 14.3 Å². The molecule has 1 amide bonds. The van der Waals surface area contributed by atoms with Crippen LogP contribution < -0.4 is 4.90 Å². The second kappa shape index (κ2) is 6.84. The normalized spacial score (nSPS) is 23.8. The number of nitriles is 1. The van der Waals surface area contributed by atoms with Gasteiger partial charge in [-0.05, 0) is 54.3 Å². The van der Waals surface area contributed by atoms with Gasteiger partial charge in [-0.25, -0.2) is 4.39 Å². The minimum absolute atomic E-state index is 0.0317. The number of ether oxygens (including phenoxy) is 1. The molecular weight excluding hydrogens is 347 g/mol. The van der Waals surface area contributed by atoms with E-state index in [1.165, 1.54) is 12.1 Å². The van der Waals surface area contributed by atoms with Crippen molar-refractivity contribution in [2.45, 2.75) is 24.9 Å². The molecule has 2 fully saturated rings. The Balaban J connectivity index is 1.36. The van der Waals surface area contributed by atoms with Gasteiger partial charge >= 0.3 is 5.97 Å². The molecule has 0 spiro atoms. The van der Waals surface area contributed by atoms with E-state index in [-0.39, 0.29) is 29.5 Å². The Hall–Kier alpha value is -3.20. The first-order valence-corrected chi connectivity index (χ1v) is 8.84. The van der Waals surface area contributed by atoms with E-state index in [9.17, 15) is 14.0 Å². The number of amides is 1. The molecule has 1 saturated carbocycles. The summed E-state index contributed by atoms with van der Waals surface area (Å²) in [6.07, 6.45) is 0.325. The van der Waals surface area contributed by atoms with Gasteiger partial charge in [0.1, 0.15) is 5.82 Å². The van der Waals surface area contributed by atoms with Gasteiger partial charge in [-0.15, -0.1) is 0 Å². The highest BCUT2D eigenvalue weighted by molar-refractivity contribution is 6.00. The number of hydrogen-bond donors (Lipinski definition) is 0. The number of carbonyl (C=O) groups is 2. The minimum atomic E-state index is -0.775. The predicted octanol–water partition coefficient (Wildman–Crippen LogP) is 3.15. The van der Waals surface area contributed by atoms with Crippen LogP contribution >= 0.6 is 0 Å². The van der Waals surface area contributed by atoms with Crippen molar-refractivity contribution in [1.82, 2.24) is 0 Å². The Bertz CT molecular complexity index is 918. The van der Waals surface area contributed by atoms with Gasteiger partial charge in [0, 0.05) is 18.7 Å². The molecule has 1 heterocycles. The fourth-order valence-electron chi connectivity index (χ4n) is 3.50. The van der Waals surface area contributed by atoms with Gasteiger partial charge in [0.05, 0.1) is 17.6 Å². The number of halogens is 1. The maximum atomic E-state index is 13.0. The van der Waals surface area contributed by atoms with Crippen LogP contribution in [0, 0.1) is 23.1 Å². The third kappa shape index (κ3) is 3.41. The third-order valence-corrected chi connectivity index (χ3v) is 5.11. The molecule has 2 aliphatic rings. The van der Waals surface area contributed by atoms with Crippen molar-refractivity contribution in [1.29, 1.82) is 5.26 Å². The Morgan fingerprint density at radius 2 is 1.85 bits per heavy atom. The van der Waals surface area contributed by atoms with Gasteiger partial charge < -0.3 is 9.64 Å². The SMILES string of the molecule is N#Cc1ccc(N2CC[C@H](OC(=O)[C@@H]3C[C@@H]3c3ccc(F)cc3)C2=O)cc1. The van der Waals surface area contributed by atoms with E-state index in [4.69, 9.17) is 10.00 Å². The summed E-state index contributed by atoms with van der Waals surface area (Å²) in [6.45, 7) is 0.467. The van der Waals surface area contributed by atoms with E-state index in [0.717, 1.165) is 5.56 Å². The summed E-state index contributed by atoms with van der Waals surface area (Å²) in [5.41, 5.74) is 2.12. The molecule has 1 aliphatic heterocycles. The highest BCUT2D eigenvalue weighted by Gasteiger charge is 2.47. The molecule has 2 aromatic carbocycles. The van der Waals surface area contributed by atoms with E-state index in [2.05, 4.69) is 0 Å². The number of benzene rings is 2. The molecular formula is C21H17FN2O3. The number of esters is 1. The molecule has 6 heteroatoms. The highest BCUT2D eigenvalue weighted by atomic mass is 19.1. The number of carbonyl (C=O) groups excluding carboxylic acids is 2. The standard InChI is InChI=1S/C21H17FN2O3/c22-15-5-3-14(4-6-15)17-11-18(17)21(26)27-19-9-10-24(20(19)25)16-7-1-13(12-23)2-8-16/h1-8,17-19H,9-11H2/t17-,18-,19+/m1/s1. The molecule has 27 heavy (non-hydrogen) atoms. The van der Waals surface area contributed by atoms with E-state index in [1.54, 1.807) is 41.3 Å².